The van der Waals surface area contributed by atoms with Crippen LogP contribution in [0.1, 0.15) is 33.1 Å². The Bertz CT molecular complexity index is 1080. The first-order valence-corrected chi connectivity index (χ1v) is 12.9. The SMILES string of the molecule is C=C[C@@]1(C)CCC(S(=O)(=O)c2ccccc2)(S(=O)(=O)c2ccccc2)C[C@H]1C(=C)C. The fourth-order valence-corrected chi connectivity index (χ4v) is 9.66. The van der Waals surface area contributed by atoms with Gasteiger partial charge in [-0.3, -0.25) is 0 Å². The molecule has 0 aliphatic heterocycles. The lowest BCUT2D eigenvalue weighted by molar-refractivity contribution is 0.193. The van der Waals surface area contributed by atoms with Crippen molar-refractivity contribution in [1.82, 2.24) is 0 Å². The van der Waals surface area contributed by atoms with Crippen LogP contribution in [0.5, 0.6) is 0 Å². The minimum absolute atomic E-state index is 0.00620. The van der Waals surface area contributed by atoms with E-state index in [-0.39, 0.29) is 28.6 Å². The Balaban J connectivity index is 2.32. The third-order valence-corrected chi connectivity index (χ3v) is 12.3. The Hall–Kier alpha value is -2.18. The van der Waals surface area contributed by atoms with Gasteiger partial charge < -0.3 is 0 Å². The summed E-state index contributed by atoms with van der Waals surface area (Å²) in [6.45, 7) is 11.8. The predicted molar refractivity (Wildman–Crippen MR) is 120 cm³/mol. The molecule has 0 spiro atoms. The minimum Gasteiger partial charge on any atom is -0.222 e. The third-order valence-electron chi connectivity index (χ3n) is 6.50. The van der Waals surface area contributed by atoms with Gasteiger partial charge in [-0.2, -0.15) is 0 Å². The molecule has 0 radical (unpaired) electrons. The van der Waals surface area contributed by atoms with Crippen molar-refractivity contribution in [2.45, 2.75) is 47.0 Å². The molecule has 1 aliphatic carbocycles. The molecule has 0 heterocycles. The summed E-state index contributed by atoms with van der Waals surface area (Å²) in [6.07, 6.45) is 2.12. The predicted octanol–water partition coefficient (Wildman–Crippen LogP) is 5.20. The normalized spacial score (nSPS) is 24.1. The molecular weight excluding hydrogens is 416 g/mol. The van der Waals surface area contributed by atoms with Gasteiger partial charge in [-0.05, 0) is 61.8 Å². The van der Waals surface area contributed by atoms with Crippen LogP contribution in [-0.2, 0) is 19.7 Å². The summed E-state index contributed by atoms with van der Waals surface area (Å²) in [7, 11) is -8.44. The highest BCUT2D eigenvalue weighted by molar-refractivity contribution is 8.10. The van der Waals surface area contributed by atoms with Gasteiger partial charge in [-0.15, -0.1) is 6.58 Å². The van der Waals surface area contributed by atoms with E-state index in [0.717, 1.165) is 5.57 Å². The van der Waals surface area contributed by atoms with E-state index >= 15 is 0 Å². The van der Waals surface area contributed by atoms with Gasteiger partial charge >= 0.3 is 0 Å². The molecule has 30 heavy (non-hydrogen) atoms. The molecule has 1 aliphatic rings. The van der Waals surface area contributed by atoms with Crippen molar-refractivity contribution in [2.75, 3.05) is 0 Å². The quantitative estimate of drug-likeness (QED) is 0.574. The Morgan fingerprint density at radius 1 is 0.900 bits per heavy atom. The largest absolute Gasteiger partial charge is 0.222 e. The average molecular weight is 445 g/mol. The zero-order valence-electron chi connectivity index (χ0n) is 17.4. The Morgan fingerprint density at radius 2 is 1.33 bits per heavy atom. The highest BCUT2D eigenvalue weighted by atomic mass is 32.3. The first-order valence-electron chi connectivity index (χ1n) is 9.90. The van der Waals surface area contributed by atoms with Gasteiger partial charge in [0.15, 0.2) is 23.8 Å². The number of benzene rings is 2. The van der Waals surface area contributed by atoms with Gasteiger partial charge in [0.25, 0.3) is 0 Å². The Kier molecular flexibility index (Phi) is 5.87. The maximum absolute atomic E-state index is 14.0. The van der Waals surface area contributed by atoms with E-state index in [1.54, 1.807) is 42.5 Å². The molecular formula is C24H28O4S2. The molecule has 0 bridgehead atoms. The highest BCUT2D eigenvalue weighted by Gasteiger charge is 2.61. The monoisotopic (exact) mass is 444 g/mol. The van der Waals surface area contributed by atoms with E-state index in [1.807, 2.05) is 13.8 Å². The minimum atomic E-state index is -4.22. The smallest absolute Gasteiger partial charge is 0.198 e. The number of allylic oxidation sites excluding steroid dienone is 2. The maximum Gasteiger partial charge on any atom is 0.198 e. The molecule has 2 aromatic rings. The zero-order chi connectivity index (χ0) is 22.2. The molecule has 0 amide bonds. The standard InChI is InChI=1S/C24H28O4S2/c1-5-23(4)16-17-24(18-22(23)19(2)3,29(25,26)20-12-8-6-9-13-20)30(27,28)21-14-10-7-11-15-21/h5-15,22H,1-2,16-18H2,3-4H3/t22-,23-/m0/s1. The summed E-state index contributed by atoms with van der Waals surface area (Å²) in [6, 6.07) is 15.7. The van der Waals surface area contributed by atoms with Crippen molar-refractivity contribution >= 4 is 19.7 Å². The molecule has 1 saturated carbocycles. The summed E-state index contributed by atoms with van der Waals surface area (Å²) in [5, 5.41) is 0. The first kappa shape index (κ1) is 22.5. The van der Waals surface area contributed by atoms with Crippen LogP contribution in [0.2, 0.25) is 0 Å². The molecule has 0 N–H and O–H groups in total. The van der Waals surface area contributed by atoms with Crippen molar-refractivity contribution in [3.8, 4) is 0 Å². The summed E-state index contributed by atoms with van der Waals surface area (Å²) in [5.74, 6) is -0.333. The molecule has 160 valence electrons. The molecule has 1 fully saturated rings. The summed E-state index contributed by atoms with van der Waals surface area (Å²) < 4.78 is 53.9. The van der Waals surface area contributed by atoms with Crippen LogP contribution in [0.15, 0.2) is 95.3 Å². The van der Waals surface area contributed by atoms with Crippen LogP contribution >= 0.6 is 0 Å². The molecule has 3 rings (SSSR count). The molecule has 2 aromatic carbocycles. The van der Waals surface area contributed by atoms with Gasteiger partial charge in [0.1, 0.15) is 0 Å². The fraction of sp³-hybridized carbons (Fsp3) is 0.333. The summed E-state index contributed by atoms with van der Waals surface area (Å²) >= 11 is 0. The summed E-state index contributed by atoms with van der Waals surface area (Å²) in [5.41, 5.74) is 0.335. The van der Waals surface area contributed by atoms with E-state index in [4.69, 9.17) is 0 Å². The van der Waals surface area contributed by atoms with Crippen molar-refractivity contribution in [2.24, 2.45) is 11.3 Å². The Labute approximate surface area is 180 Å². The van der Waals surface area contributed by atoms with Gasteiger partial charge in [0, 0.05) is 0 Å². The second-order valence-electron chi connectivity index (χ2n) is 8.36. The van der Waals surface area contributed by atoms with Crippen LogP contribution in [0.25, 0.3) is 0 Å². The number of hydrogen-bond acceptors (Lipinski definition) is 4. The van der Waals surface area contributed by atoms with Gasteiger partial charge in [0.2, 0.25) is 0 Å². The van der Waals surface area contributed by atoms with E-state index in [1.165, 1.54) is 24.3 Å². The van der Waals surface area contributed by atoms with Crippen LogP contribution in [0.4, 0.5) is 0 Å². The van der Waals surface area contributed by atoms with Crippen molar-refractivity contribution in [3.05, 3.63) is 85.5 Å². The Morgan fingerprint density at radius 3 is 1.70 bits per heavy atom. The molecule has 0 unspecified atom stereocenters. The second-order valence-corrected chi connectivity index (χ2v) is 13.1. The molecule has 0 aromatic heterocycles. The average Bonchev–Trinajstić information content (AvgIpc) is 2.74. The molecule has 4 nitrogen and oxygen atoms in total. The molecule has 6 heteroatoms. The highest BCUT2D eigenvalue weighted by Crippen LogP contribution is 2.55. The topological polar surface area (TPSA) is 68.3 Å². The van der Waals surface area contributed by atoms with Gasteiger partial charge in [-0.1, -0.05) is 61.5 Å². The van der Waals surface area contributed by atoms with Crippen molar-refractivity contribution in [3.63, 3.8) is 0 Å². The molecule has 0 saturated heterocycles. The summed E-state index contributed by atoms with van der Waals surface area (Å²) in [4.78, 5) is 0.0411. The second kappa shape index (κ2) is 7.82. The van der Waals surface area contributed by atoms with Crippen molar-refractivity contribution < 1.29 is 16.8 Å². The van der Waals surface area contributed by atoms with E-state index in [0.29, 0.717) is 6.42 Å². The van der Waals surface area contributed by atoms with E-state index in [2.05, 4.69) is 13.2 Å². The van der Waals surface area contributed by atoms with E-state index in [9.17, 15) is 16.8 Å². The zero-order valence-corrected chi connectivity index (χ0v) is 19.0. The van der Waals surface area contributed by atoms with Crippen molar-refractivity contribution in [1.29, 1.82) is 0 Å². The third kappa shape index (κ3) is 3.36. The lowest BCUT2D eigenvalue weighted by atomic mass is 9.65. The van der Waals surface area contributed by atoms with Gasteiger partial charge in [-0.25, -0.2) is 16.8 Å². The number of sulfone groups is 2. The lowest BCUT2D eigenvalue weighted by Crippen LogP contribution is -2.53. The maximum atomic E-state index is 14.0. The van der Waals surface area contributed by atoms with Crippen LogP contribution < -0.4 is 0 Å². The lowest BCUT2D eigenvalue weighted by Gasteiger charge is -2.48. The molecule has 2 atom stereocenters. The van der Waals surface area contributed by atoms with Crippen LogP contribution in [0.3, 0.4) is 0 Å². The van der Waals surface area contributed by atoms with E-state index < -0.39 is 29.2 Å². The van der Waals surface area contributed by atoms with Gasteiger partial charge in [0.05, 0.1) is 9.79 Å². The van der Waals surface area contributed by atoms with Crippen LogP contribution in [-0.4, -0.2) is 20.9 Å². The van der Waals surface area contributed by atoms with Crippen LogP contribution in [0, 0.1) is 11.3 Å². The first-order chi connectivity index (χ1) is 14.0. The number of rotatable bonds is 6. The fourth-order valence-electron chi connectivity index (χ4n) is 4.52. The number of hydrogen-bond donors (Lipinski definition) is 0.